The summed E-state index contributed by atoms with van der Waals surface area (Å²) < 4.78 is 44.8. The molecule has 3 rings (SSSR count). The van der Waals surface area contributed by atoms with Crippen molar-refractivity contribution >= 4 is 13.2 Å². The highest BCUT2D eigenvalue weighted by Crippen LogP contribution is 2.39. The molecule has 1 aromatic heterocycles. The Hall–Kier alpha value is -1.92. The van der Waals surface area contributed by atoms with Gasteiger partial charge in [0.05, 0.1) is 23.7 Å². The third kappa shape index (κ3) is 3.04. The van der Waals surface area contributed by atoms with E-state index in [1.54, 1.807) is 12.1 Å². The molecule has 0 N–H and O–H groups in total. The first-order valence-electron chi connectivity index (χ1n) is 7.74. The van der Waals surface area contributed by atoms with Crippen molar-refractivity contribution in [2.75, 3.05) is 0 Å². The van der Waals surface area contributed by atoms with Gasteiger partial charge in [-0.15, -0.1) is 0 Å². The quantitative estimate of drug-likeness (QED) is 0.739. The van der Waals surface area contributed by atoms with Gasteiger partial charge < -0.3 is 13.7 Å². The lowest BCUT2D eigenvalue weighted by atomic mass is 9.86. The van der Waals surface area contributed by atoms with E-state index in [9.17, 15) is 8.78 Å². The summed E-state index contributed by atoms with van der Waals surface area (Å²) in [6, 6.07) is 6.01. The highest BCUT2D eigenvalue weighted by molar-refractivity contribution is 6.54. The highest BCUT2D eigenvalue weighted by Gasteiger charge is 2.53. The van der Waals surface area contributed by atoms with E-state index in [-0.39, 0.29) is 0 Å². The summed E-state index contributed by atoms with van der Waals surface area (Å²) in [6.07, 6.45) is 4.20. The van der Waals surface area contributed by atoms with Crippen molar-refractivity contribution in [2.24, 2.45) is 0 Å². The molecule has 2 aromatic rings. The summed E-state index contributed by atoms with van der Waals surface area (Å²) >= 11 is 0. The van der Waals surface area contributed by atoms with E-state index in [1.165, 1.54) is 30.7 Å². The van der Waals surface area contributed by atoms with Crippen molar-refractivity contribution in [1.29, 1.82) is 0 Å². The van der Waals surface area contributed by atoms with E-state index >= 15 is 0 Å². The number of rotatable bonds is 3. The maximum Gasteiger partial charge on any atom is 0.525 e. The van der Waals surface area contributed by atoms with Crippen molar-refractivity contribution in [2.45, 2.75) is 38.9 Å². The molecule has 0 bridgehead atoms. The molecule has 3 nitrogen and oxygen atoms in total. The minimum absolute atomic E-state index is 0.346. The molecule has 1 aromatic carbocycles. The predicted molar refractivity (Wildman–Crippen MR) is 89.3 cm³/mol. The number of hydrogen-bond acceptors (Lipinski definition) is 3. The number of benzene rings is 1. The normalized spacial score (nSPS) is 19.8. The maximum atomic E-state index is 14.6. The Bertz CT molecular complexity index is 751. The second-order valence-electron chi connectivity index (χ2n) is 6.87. The van der Waals surface area contributed by atoms with Gasteiger partial charge in [-0.05, 0) is 57.5 Å². The molecule has 0 saturated carbocycles. The molecular formula is C18H19BF2O3. The van der Waals surface area contributed by atoms with Crippen molar-refractivity contribution in [3.8, 4) is 11.1 Å². The Morgan fingerprint density at radius 2 is 1.75 bits per heavy atom. The zero-order chi connectivity index (χ0) is 17.5. The number of halogens is 2. The Morgan fingerprint density at radius 1 is 1.08 bits per heavy atom. The van der Waals surface area contributed by atoms with Crippen LogP contribution in [0.15, 0.2) is 46.9 Å². The van der Waals surface area contributed by atoms with Gasteiger partial charge in [0.25, 0.3) is 0 Å². The molecule has 0 amide bonds. The van der Waals surface area contributed by atoms with Gasteiger partial charge in [0, 0.05) is 11.1 Å². The first kappa shape index (κ1) is 16.9. The van der Waals surface area contributed by atoms with E-state index in [0.717, 1.165) is 0 Å². The molecule has 0 spiro atoms. The van der Waals surface area contributed by atoms with Gasteiger partial charge in [-0.25, -0.2) is 8.78 Å². The molecule has 1 aliphatic rings. The lowest BCUT2D eigenvalue weighted by Gasteiger charge is -2.32. The van der Waals surface area contributed by atoms with Crippen LogP contribution in [0.2, 0.25) is 0 Å². The highest BCUT2D eigenvalue weighted by atomic mass is 19.1. The monoisotopic (exact) mass is 332 g/mol. The van der Waals surface area contributed by atoms with E-state index in [2.05, 4.69) is 0 Å². The van der Waals surface area contributed by atoms with Crippen molar-refractivity contribution in [1.82, 2.24) is 0 Å². The Morgan fingerprint density at radius 3 is 2.33 bits per heavy atom. The van der Waals surface area contributed by atoms with Crippen LogP contribution in [-0.4, -0.2) is 18.3 Å². The molecule has 0 unspecified atom stereocenters. The van der Waals surface area contributed by atoms with Gasteiger partial charge in [-0.1, -0.05) is 6.07 Å². The summed E-state index contributed by atoms with van der Waals surface area (Å²) in [5.41, 5.74) is -0.336. The zero-order valence-corrected chi connectivity index (χ0v) is 14.1. The SMILES string of the molecule is CC1(C)OB(C(F)=Cc2ccc(F)c(-c3ccoc3)c2)OC1(C)C. The van der Waals surface area contributed by atoms with E-state index in [1.807, 2.05) is 27.7 Å². The fourth-order valence-electron chi connectivity index (χ4n) is 2.45. The number of furan rings is 1. The molecule has 6 heteroatoms. The molecule has 24 heavy (non-hydrogen) atoms. The lowest BCUT2D eigenvalue weighted by molar-refractivity contribution is 0.00578. The Kier molecular flexibility index (Phi) is 4.14. The smallest absolute Gasteiger partial charge is 0.472 e. The topological polar surface area (TPSA) is 31.6 Å². The summed E-state index contributed by atoms with van der Waals surface area (Å²) in [7, 11) is -1.07. The standard InChI is InChI=1S/C18H19BF2O3/c1-17(2)18(3,4)24-19(23-17)16(21)10-12-5-6-15(20)14(9-12)13-7-8-22-11-13/h5-11H,1-4H3. The first-order valence-corrected chi connectivity index (χ1v) is 7.74. The minimum Gasteiger partial charge on any atom is -0.472 e. The van der Waals surface area contributed by atoms with Gasteiger partial charge in [-0.2, -0.15) is 0 Å². The molecule has 1 fully saturated rings. The summed E-state index contributed by atoms with van der Waals surface area (Å²) in [5.74, 6) is -0.399. The predicted octanol–water partition coefficient (Wildman–Crippen LogP) is 5.03. The average Bonchev–Trinajstić information content (AvgIpc) is 3.08. The van der Waals surface area contributed by atoms with Crippen LogP contribution in [0, 0.1) is 5.82 Å². The van der Waals surface area contributed by atoms with Crippen molar-refractivity contribution < 1.29 is 22.5 Å². The maximum absolute atomic E-state index is 14.6. The van der Waals surface area contributed by atoms with Crippen LogP contribution in [0.5, 0.6) is 0 Å². The van der Waals surface area contributed by atoms with Gasteiger partial charge in [0.15, 0.2) is 0 Å². The van der Waals surface area contributed by atoms with E-state index in [0.29, 0.717) is 16.7 Å². The molecule has 0 radical (unpaired) electrons. The Balaban J connectivity index is 1.88. The molecule has 0 atom stereocenters. The number of hydrogen-bond donors (Lipinski definition) is 0. The Labute approximate surface area is 140 Å². The summed E-state index contributed by atoms with van der Waals surface area (Å²) in [5, 5.41) is 0. The van der Waals surface area contributed by atoms with Crippen molar-refractivity contribution in [3.63, 3.8) is 0 Å². The van der Waals surface area contributed by atoms with Crippen LogP contribution in [0.25, 0.3) is 17.2 Å². The first-order chi connectivity index (χ1) is 11.2. The average molecular weight is 332 g/mol. The zero-order valence-electron chi connectivity index (χ0n) is 14.1. The third-order valence-corrected chi connectivity index (χ3v) is 4.61. The summed E-state index contributed by atoms with van der Waals surface area (Å²) in [6.45, 7) is 7.43. The molecule has 0 aliphatic carbocycles. The molecule has 2 heterocycles. The van der Waals surface area contributed by atoms with Gasteiger partial charge in [-0.3, -0.25) is 0 Å². The molecule has 1 saturated heterocycles. The van der Waals surface area contributed by atoms with Crippen LogP contribution in [0.4, 0.5) is 8.78 Å². The minimum atomic E-state index is -1.07. The fourth-order valence-corrected chi connectivity index (χ4v) is 2.45. The van der Waals surface area contributed by atoms with E-state index < -0.39 is 29.9 Å². The van der Waals surface area contributed by atoms with E-state index in [4.69, 9.17) is 13.7 Å². The van der Waals surface area contributed by atoms with Gasteiger partial charge in [0.1, 0.15) is 11.5 Å². The molecular weight excluding hydrogens is 313 g/mol. The second-order valence-corrected chi connectivity index (χ2v) is 6.87. The van der Waals surface area contributed by atoms with Gasteiger partial charge >= 0.3 is 7.12 Å². The molecule has 1 aliphatic heterocycles. The molecule has 126 valence electrons. The van der Waals surface area contributed by atoms with Crippen LogP contribution in [0.1, 0.15) is 33.3 Å². The largest absolute Gasteiger partial charge is 0.525 e. The fraction of sp³-hybridized carbons (Fsp3) is 0.333. The van der Waals surface area contributed by atoms with Gasteiger partial charge in [0.2, 0.25) is 0 Å². The second kappa shape index (κ2) is 5.86. The van der Waals surface area contributed by atoms with Crippen LogP contribution < -0.4 is 0 Å². The van der Waals surface area contributed by atoms with Crippen molar-refractivity contribution in [3.05, 3.63) is 53.9 Å². The van der Waals surface area contributed by atoms with Crippen LogP contribution in [-0.2, 0) is 9.31 Å². The van der Waals surface area contributed by atoms with Crippen LogP contribution in [0.3, 0.4) is 0 Å². The third-order valence-electron chi connectivity index (χ3n) is 4.61. The lowest BCUT2D eigenvalue weighted by Crippen LogP contribution is -2.41. The summed E-state index contributed by atoms with van der Waals surface area (Å²) in [4.78, 5) is 0. The van der Waals surface area contributed by atoms with Crippen LogP contribution >= 0.6 is 0 Å².